The van der Waals surface area contributed by atoms with E-state index in [1.165, 1.54) is 14.2 Å². The summed E-state index contributed by atoms with van der Waals surface area (Å²) in [5.41, 5.74) is 9.60. The fourth-order valence-electron chi connectivity index (χ4n) is 0. The summed E-state index contributed by atoms with van der Waals surface area (Å²) < 4.78 is 8.52. The molecule has 0 heterocycles. The Labute approximate surface area is 106 Å². The molecule has 0 aromatic carbocycles. The Bertz CT molecular complexity index is 110. The van der Waals surface area contributed by atoms with Gasteiger partial charge >= 0.3 is 29.6 Å². The third kappa shape index (κ3) is 47.6. The number of nitrogens with two attached hydrogens (primary N) is 2. The van der Waals surface area contributed by atoms with Crippen molar-refractivity contribution in [3.8, 4) is 0 Å². The van der Waals surface area contributed by atoms with E-state index in [4.69, 9.17) is 11.5 Å². The Morgan fingerprint density at radius 3 is 1.08 bits per heavy atom. The summed E-state index contributed by atoms with van der Waals surface area (Å²) in [6.07, 6.45) is 0. The minimum absolute atomic E-state index is 0. The molecule has 0 fully saturated rings. The fourth-order valence-corrected chi connectivity index (χ4v) is 0. The average Bonchev–Trinajstić information content (AvgIpc) is 1.89. The van der Waals surface area contributed by atoms with E-state index in [0.29, 0.717) is 0 Å². The zero-order valence-electron chi connectivity index (χ0n) is 5.79. The molecule has 0 aliphatic heterocycles. The van der Waals surface area contributed by atoms with Crippen molar-refractivity contribution in [2.45, 2.75) is 7.43 Å². The molecule has 0 saturated heterocycles. The molecule has 0 atom stereocenters. The van der Waals surface area contributed by atoms with Gasteiger partial charge in [0.05, 0.1) is 14.2 Å². The minimum atomic E-state index is 0. The number of ether oxygens (including phenoxy) is 2. The van der Waals surface area contributed by atoms with E-state index in [0.717, 1.165) is 0 Å². The molecule has 0 aliphatic carbocycles. The van der Waals surface area contributed by atoms with Crippen LogP contribution in [-0.4, -0.2) is 54.1 Å². The first-order chi connectivity index (χ1) is 4.54. The van der Waals surface area contributed by atoms with Crippen molar-refractivity contribution < 1.29 is 9.47 Å². The molecule has 70 valence electrons. The van der Waals surface area contributed by atoms with Gasteiger partial charge in [0, 0.05) is 0 Å². The second-order valence-corrected chi connectivity index (χ2v) is 1.85. The number of methoxy groups -OCH3 is 2. The first-order valence-electron chi connectivity index (χ1n) is 2.21. The SMILES string of the molecule is C.COC(N)=S.COC(N)=S.[NaH]. The zero-order valence-corrected chi connectivity index (χ0v) is 7.42. The van der Waals surface area contributed by atoms with Crippen LogP contribution in [0.4, 0.5) is 0 Å². The van der Waals surface area contributed by atoms with Crippen LogP contribution in [0.2, 0.25) is 0 Å². The van der Waals surface area contributed by atoms with Gasteiger partial charge in [-0.05, 0) is 24.4 Å². The fraction of sp³-hybridized carbons (Fsp3) is 0.600. The summed E-state index contributed by atoms with van der Waals surface area (Å²) in [6.45, 7) is 0. The molecule has 0 bridgehead atoms. The second kappa shape index (κ2) is 17.5. The monoisotopic (exact) mass is 222 g/mol. The van der Waals surface area contributed by atoms with E-state index in [-0.39, 0.29) is 47.3 Å². The molecule has 0 aromatic heterocycles. The van der Waals surface area contributed by atoms with Gasteiger partial charge in [0.15, 0.2) is 0 Å². The molecule has 4 nitrogen and oxygen atoms in total. The molecule has 0 spiro atoms. The van der Waals surface area contributed by atoms with Crippen LogP contribution in [-0.2, 0) is 9.47 Å². The molecule has 0 aliphatic rings. The van der Waals surface area contributed by atoms with Crippen molar-refractivity contribution in [2.24, 2.45) is 11.5 Å². The molecule has 0 saturated carbocycles. The Morgan fingerprint density at radius 1 is 1.00 bits per heavy atom. The Hall–Kier alpha value is 0.380. The van der Waals surface area contributed by atoms with E-state index in [1.54, 1.807) is 0 Å². The summed E-state index contributed by atoms with van der Waals surface area (Å²) in [7, 11) is 2.87. The van der Waals surface area contributed by atoms with Crippen LogP contribution in [0.3, 0.4) is 0 Å². The van der Waals surface area contributed by atoms with E-state index < -0.39 is 0 Å². The number of rotatable bonds is 0. The topological polar surface area (TPSA) is 70.5 Å². The number of hydrogen-bond donors (Lipinski definition) is 2. The van der Waals surface area contributed by atoms with Crippen molar-refractivity contribution in [3.63, 3.8) is 0 Å². The van der Waals surface area contributed by atoms with E-state index in [2.05, 4.69) is 33.9 Å². The molecule has 0 rings (SSSR count). The van der Waals surface area contributed by atoms with Crippen LogP contribution in [0.5, 0.6) is 0 Å². The third-order valence-electron chi connectivity index (χ3n) is 0.402. The van der Waals surface area contributed by atoms with Gasteiger partial charge in [-0.25, -0.2) is 0 Å². The molecule has 4 N–H and O–H groups in total. The van der Waals surface area contributed by atoms with Gasteiger partial charge in [-0.3, -0.25) is 0 Å². The quantitative estimate of drug-likeness (QED) is 0.435. The summed E-state index contributed by atoms with van der Waals surface area (Å²) in [5, 5.41) is 0.176. The average molecular weight is 222 g/mol. The van der Waals surface area contributed by atoms with Crippen LogP contribution < -0.4 is 11.5 Å². The first-order valence-corrected chi connectivity index (χ1v) is 3.03. The summed E-state index contributed by atoms with van der Waals surface area (Å²) in [4.78, 5) is 0. The predicted octanol–water partition coefficient (Wildman–Crippen LogP) is -0.260. The second-order valence-electron chi connectivity index (χ2n) is 1.05. The van der Waals surface area contributed by atoms with Gasteiger partial charge in [-0.2, -0.15) is 0 Å². The third-order valence-corrected chi connectivity index (χ3v) is 0.736. The van der Waals surface area contributed by atoms with Gasteiger partial charge in [-0.15, -0.1) is 0 Å². The molecule has 0 amide bonds. The van der Waals surface area contributed by atoms with Gasteiger partial charge in [0.25, 0.3) is 10.3 Å². The van der Waals surface area contributed by atoms with Gasteiger partial charge < -0.3 is 20.9 Å². The Balaban J connectivity index is -0.0000000457. The zero-order chi connectivity index (χ0) is 8.57. The van der Waals surface area contributed by atoms with Gasteiger partial charge in [0.1, 0.15) is 0 Å². The Kier molecular flexibility index (Phi) is 33.2. The van der Waals surface area contributed by atoms with Crippen molar-refractivity contribution in [3.05, 3.63) is 0 Å². The number of hydrogen-bond acceptors (Lipinski definition) is 4. The molecular weight excluding hydrogens is 207 g/mol. The summed E-state index contributed by atoms with van der Waals surface area (Å²) >= 11 is 8.50. The molecule has 7 heteroatoms. The van der Waals surface area contributed by atoms with E-state index in [9.17, 15) is 0 Å². The van der Waals surface area contributed by atoms with Crippen molar-refractivity contribution in [1.82, 2.24) is 0 Å². The van der Waals surface area contributed by atoms with E-state index in [1.807, 2.05) is 0 Å². The molecule has 0 aromatic rings. The Morgan fingerprint density at radius 2 is 1.08 bits per heavy atom. The maximum atomic E-state index is 4.80. The normalized spacial score (nSPS) is 5.50. The van der Waals surface area contributed by atoms with Crippen LogP contribution in [0.15, 0.2) is 0 Å². The summed E-state index contributed by atoms with van der Waals surface area (Å²) in [6, 6.07) is 0. The summed E-state index contributed by atoms with van der Waals surface area (Å²) in [5.74, 6) is 0. The number of thiocarbonyl (C=S) groups is 2. The van der Waals surface area contributed by atoms with Crippen LogP contribution in [0.1, 0.15) is 7.43 Å². The van der Waals surface area contributed by atoms with Crippen LogP contribution in [0.25, 0.3) is 0 Å². The molecule has 12 heavy (non-hydrogen) atoms. The van der Waals surface area contributed by atoms with Crippen molar-refractivity contribution >= 4 is 64.3 Å². The molecule has 0 radical (unpaired) electrons. The van der Waals surface area contributed by atoms with Gasteiger partial charge in [0.2, 0.25) is 0 Å². The van der Waals surface area contributed by atoms with Gasteiger partial charge in [-0.1, -0.05) is 7.43 Å². The maximum absolute atomic E-state index is 4.80. The van der Waals surface area contributed by atoms with Crippen molar-refractivity contribution in [1.29, 1.82) is 0 Å². The van der Waals surface area contributed by atoms with Crippen LogP contribution >= 0.6 is 24.4 Å². The van der Waals surface area contributed by atoms with Crippen LogP contribution in [0, 0.1) is 0 Å². The van der Waals surface area contributed by atoms with E-state index >= 15 is 0 Å². The molecule has 0 unspecified atom stereocenters. The standard InChI is InChI=1S/2C2H5NOS.CH4.Na.H/c2*1-4-2(3)5;;;/h2*1H3,(H2,3,5);1H4;;. The predicted molar refractivity (Wildman–Crippen MR) is 61.5 cm³/mol. The first kappa shape index (κ1) is 22.8. The molecular formula is C5H15N2NaO2S2. The van der Waals surface area contributed by atoms with Crippen molar-refractivity contribution in [2.75, 3.05) is 14.2 Å².